The Morgan fingerprint density at radius 2 is 2.10 bits per heavy atom. The van der Waals surface area contributed by atoms with Crippen molar-refractivity contribution in [2.45, 2.75) is 107 Å². The van der Waals surface area contributed by atoms with Crippen LogP contribution in [-0.4, -0.2) is 68.8 Å². The molecule has 2 saturated heterocycles. The molecule has 14 heteroatoms. The Morgan fingerprint density at radius 3 is 2.77 bits per heavy atom. The van der Waals surface area contributed by atoms with Gasteiger partial charge in [-0.2, -0.15) is 4.98 Å². The largest absolute Gasteiger partial charge is 0.492 e. The Balaban J connectivity index is 1.38. The van der Waals surface area contributed by atoms with E-state index in [1.807, 2.05) is 0 Å². The van der Waals surface area contributed by atoms with E-state index in [9.17, 15) is 5.11 Å². The van der Waals surface area contributed by atoms with Gasteiger partial charge in [0, 0.05) is 4.75 Å². The molecule has 2 aliphatic heterocycles. The third kappa shape index (κ3) is 5.57. The zero-order chi connectivity index (χ0) is 29.3. The van der Waals surface area contributed by atoms with Crippen molar-refractivity contribution in [2.75, 3.05) is 6.61 Å². The third-order valence-corrected chi connectivity index (χ3v) is 19.3. The molecule has 2 aromatic heterocycles. The van der Waals surface area contributed by atoms with E-state index in [1.54, 1.807) is 11.4 Å². The minimum Gasteiger partial charge on any atom is -0.492 e. The molecule has 1 saturated carbocycles. The first-order valence-electron chi connectivity index (χ1n) is 13.7. The van der Waals surface area contributed by atoms with Gasteiger partial charge >= 0.3 is 0 Å². The molecule has 9 nitrogen and oxygen atoms in total. The fourth-order valence-electron chi connectivity index (χ4n) is 5.34. The highest BCUT2D eigenvalue weighted by Crippen LogP contribution is 2.75. The SMILES string of the molecule is C=C(C)[C@H]1CC[C@@]2(C)SP(=S)(OC[C@H]3O[C@@H](n4cnc5c(O)ncnc54)[C@H](F)[C@@H]3O[Si](C)(C)C(C)(C)C)O[C@@H]2C1. The van der Waals surface area contributed by atoms with Crippen LogP contribution in [-0.2, 0) is 30.0 Å². The average molecular weight is 631 g/mol. The van der Waals surface area contributed by atoms with Crippen LogP contribution in [0, 0.1) is 5.92 Å². The van der Waals surface area contributed by atoms with Gasteiger partial charge in [-0.25, -0.2) is 14.4 Å². The van der Waals surface area contributed by atoms with Gasteiger partial charge in [-0.05, 0) is 69.0 Å². The monoisotopic (exact) mass is 630 g/mol. The van der Waals surface area contributed by atoms with Crippen LogP contribution < -0.4 is 0 Å². The first-order valence-corrected chi connectivity index (χ1v) is 20.6. The van der Waals surface area contributed by atoms with Crippen LogP contribution >= 0.6 is 17.1 Å². The lowest BCUT2D eigenvalue weighted by Crippen LogP contribution is -2.49. The van der Waals surface area contributed by atoms with Crippen LogP contribution in [0.2, 0.25) is 18.1 Å². The fourth-order valence-corrected chi connectivity index (χ4v) is 13.8. The molecule has 0 amide bonds. The highest BCUT2D eigenvalue weighted by Gasteiger charge is 2.55. The second-order valence-corrected chi connectivity index (χ2v) is 24.3. The molecular weight excluding hydrogens is 591 g/mol. The van der Waals surface area contributed by atoms with E-state index in [2.05, 4.69) is 69.2 Å². The van der Waals surface area contributed by atoms with E-state index >= 15 is 4.39 Å². The Morgan fingerprint density at radius 1 is 1.38 bits per heavy atom. The standard InChI is InChI=1S/C26H40FN4O5PS2Si/c1-15(2)16-9-10-26(6)18(11-16)35-37(38,39-26)33-12-17-21(36-40(7,8)25(3,4)5)19(27)24(34-17)31-14-30-20-22(31)28-13-29-23(20)32/h13-14,16-19,21,24H,1,9-12H2,2-8H3,(H,28,29,32)/t16-,17+,18+,19+,21+,24+,26+,37?/m0/s1. The molecule has 0 bridgehead atoms. The third-order valence-electron chi connectivity index (χ3n) is 8.96. The summed E-state index contributed by atoms with van der Waals surface area (Å²) in [5, 5.41) is 9.96. The summed E-state index contributed by atoms with van der Waals surface area (Å²) in [5.41, 5.74) is -1.08. The summed E-state index contributed by atoms with van der Waals surface area (Å²) >= 11 is 7.61. The van der Waals surface area contributed by atoms with Crippen molar-refractivity contribution >= 4 is 48.4 Å². The van der Waals surface area contributed by atoms with E-state index in [4.69, 9.17) is 30.0 Å². The Bertz CT molecular complexity index is 1340. The number of hydrogen-bond acceptors (Lipinski definition) is 10. The van der Waals surface area contributed by atoms with Gasteiger partial charge in [-0.3, -0.25) is 4.57 Å². The summed E-state index contributed by atoms with van der Waals surface area (Å²) in [7, 11) is -2.39. The second kappa shape index (κ2) is 10.7. The van der Waals surface area contributed by atoms with Gasteiger partial charge < -0.3 is 23.3 Å². The summed E-state index contributed by atoms with van der Waals surface area (Å²) in [5.74, 6) is 0.144. The number of nitrogens with zero attached hydrogens (tertiary/aromatic N) is 4. The lowest BCUT2D eigenvalue weighted by atomic mass is 9.77. The summed E-state index contributed by atoms with van der Waals surface area (Å²) in [6.45, 7) is 19.0. The summed E-state index contributed by atoms with van der Waals surface area (Å²) in [6.07, 6.45) is 1.30. The van der Waals surface area contributed by atoms with Crippen LogP contribution in [0.25, 0.3) is 11.2 Å². The summed E-state index contributed by atoms with van der Waals surface area (Å²) in [6, 6.07) is 0. The van der Waals surface area contributed by atoms with Crippen molar-refractivity contribution in [3.05, 3.63) is 24.8 Å². The highest BCUT2D eigenvalue weighted by atomic mass is 32.9. The van der Waals surface area contributed by atoms with Crippen molar-refractivity contribution < 1.29 is 27.7 Å². The maximum Gasteiger partial charge on any atom is 0.248 e. The number of halogens is 1. The van der Waals surface area contributed by atoms with E-state index in [-0.39, 0.29) is 39.5 Å². The number of rotatable bonds is 7. The Kier molecular flexibility index (Phi) is 8.14. The number of aromatic hydroxyl groups is 1. The van der Waals surface area contributed by atoms with Crippen LogP contribution in [0.3, 0.4) is 0 Å². The Hall–Kier alpha value is -0.923. The van der Waals surface area contributed by atoms with E-state index < -0.39 is 38.6 Å². The van der Waals surface area contributed by atoms with Gasteiger partial charge in [-0.15, -0.1) is 0 Å². The van der Waals surface area contributed by atoms with Crippen molar-refractivity contribution in [3.63, 3.8) is 0 Å². The summed E-state index contributed by atoms with van der Waals surface area (Å²) in [4.78, 5) is 12.2. The number of imidazole rings is 1. The van der Waals surface area contributed by atoms with Gasteiger partial charge in [0.05, 0.1) is 19.0 Å². The Labute approximate surface area is 245 Å². The van der Waals surface area contributed by atoms with E-state index in [0.29, 0.717) is 5.92 Å². The molecule has 1 N–H and O–H groups in total. The predicted molar refractivity (Wildman–Crippen MR) is 161 cm³/mol. The molecule has 1 unspecified atom stereocenters. The number of allylic oxidation sites excluding steroid dienone is 1. The number of ether oxygens (including phenoxy) is 1. The van der Waals surface area contributed by atoms with E-state index in [1.165, 1.54) is 22.8 Å². The van der Waals surface area contributed by atoms with Crippen LogP contribution in [0.15, 0.2) is 24.8 Å². The molecule has 5 rings (SSSR count). The van der Waals surface area contributed by atoms with Gasteiger partial charge in [0.25, 0.3) is 0 Å². The highest BCUT2D eigenvalue weighted by molar-refractivity contribution is 8.68. The summed E-state index contributed by atoms with van der Waals surface area (Å²) < 4.78 is 43.5. The molecule has 3 aliphatic rings. The van der Waals surface area contributed by atoms with Crippen molar-refractivity contribution in [3.8, 4) is 5.88 Å². The van der Waals surface area contributed by atoms with Crippen molar-refractivity contribution in [2.24, 2.45) is 5.92 Å². The molecule has 0 radical (unpaired) electrons. The fraction of sp³-hybridized carbons (Fsp3) is 0.731. The number of fused-ring (bicyclic) bond motifs is 2. The molecule has 3 fully saturated rings. The van der Waals surface area contributed by atoms with Crippen LogP contribution in [0.1, 0.15) is 60.1 Å². The maximum atomic E-state index is 16.3. The lowest BCUT2D eigenvalue weighted by molar-refractivity contribution is -0.0405. The topological polar surface area (TPSA) is 101 Å². The van der Waals surface area contributed by atoms with Gasteiger partial charge in [0.15, 0.2) is 31.9 Å². The molecule has 0 aromatic carbocycles. The molecule has 8 atom stereocenters. The van der Waals surface area contributed by atoms with E-state index in [0.717, 1.165) is 19.3 Å². The maximum absolute atomic E-state index is 16.3. The molecule has 40 heavy (non-hydrogen) atoms. The second-order valence-electron chi connectivity index (χ2n) is 12.9. The smallest absolute Gasteiger partial charge is 0.248 e. The lowest BCUT2D eigenvalue weighted by Gasteiger charge is -2.39. The molecule has 1 aliphatic carbocycles. The minimum absolute atomic E-state index is 0.00564. The zero-order valence-corrected chi connectivity index (χ0v) is 27.7. The van der Waals surface area contributed by atoms with Crippen LogP contribution in [0.5, 0.6) is 5.88 Å². The normalized spacial score (nSPS) is 36.7. The molecule has 0 spiro atoms. The van der Waals surface area contributed by atoms with Crippen LogP contribution in [0.4, 0.5) is 4.39 Å². The number of hydrogen-bond donors (Lipinski definition) is 1. The quantitative estimate of drug-likeness (QED) is 0.203. The molecule has 2 aromatic rings. The minimum atomic E-state index is -2.70. The van der Waals surface area contributed by atoms with Gasteiger partial charge in [0.1, 0.15) is 18.5 Å². The van der Waals surface area contributed by atoms with Crippen molar-refractivity contribution in [1.29, 1.82) is 0 Å². The molecule has 222 valence electrons. The molecular formula is C26H40FN4O5PS2Si. The number of alkyl halides is 1. The van der Waals surface area contributed by atoms with Crippen molar-refractivity contribution in [1.82, 2.24) is 19.5 Å². The number of aromatic nitrogens is 4. The first kappa shape index (κ1) is 30.5. The zero-order valence-electron chi connectivity index (χ0n) is 24.2. The predicted octanol–water partition coefficient (Wildman–Crippen LogP) is 6.67. The van der Waals surface area contributed by atoms with Gasteiger partial charge in [0.2, 0.25) is 11.6 Å². The average Bonchev–Trinajstić information content (AvgIpc) is 3.48. The molecule has 4 heterocycles. The van der Waals surface area contributed by atoms with Gasteiger partial charge in [-0.1, -0.05) is 44.3 Å². The first-order chi connectivity index (χ1) is 18.5.